The molecule has 0 aliphatic heterocycles. The molecule has 9 heteroatoms. The van der Waals surface area contributed by atoms with E-state index in [0.29, 0.717) is 30.1 Å². The predicted molar refractivity (Wildman–Crippen MR) is 119 cm³/mol. The number of H-pyrrole nitrogens is 1. The molecule has 0 saturated carbocycles. The Morgan fingerprint density at radius 3 is 2.74 bits per heavy atom. The van der Waals surface area contributed by atoms with Crippen molar-refractivity contribution >= 4 is 23.0 Å². The average Bonchev–Trinajstić information content (AvgIpc) is 3.04. The van der Waals surface area contributed by atoms with Gasteiger partial charge >= 0.3 is 17.7 Å². The van der Waals surface area contributed by atoms with E-state index in [-0.39, 0.29) is 30.1 Å². The molecular weight excluding hydrogens is 398 g/mol. The number of benzene rings is 1. The number of methoxy groups -OCH3 is 1. The standard InChI is InChI=1S/C22H29N5O4/c1-5-6-10-31-21-25-19(23-14(2)3)18-20(26-21)27(22(29)24-18)13-16-9-7-8-15(11-16)12-17(28)30-4/h7-9,11,14H,5-6,10,12-13H2,1-4H3,(H,24,29)(H,23,25,26). The first-order valence-electron chi connectivity index (χ1n) is 10.5. The van der Waals surface area contributed by atoms with Crippen molar-refractivity contribution in [3.05, 3.63) is 45.9 Å². The normalized spacial score (nSPS) is 11.1. The van der Waals surface area contributed by atoms with Crippen LogP contribution in [0.4, 0.5) is 5.82 Å². The van der Waals surface area contributed by atoms with Crippen LogP contribution in [0.25, 0.3) is 11.2 Å². The number of ether oxygens (including phenoxy) is 2. The third kappa shape index (κ3) is 5.62. The van der Waals surface area contributed by atoms with E-state index in [4.69, 9.17) is 9.47 Å². The lowest BCUT2D eigenvalue weighted by atomic mass is 10.1. The molecule has 0 aliphatic carbocycles. The Morgan fingerprint density at radius 1 is 1.26 bits per heavy atom. The van der Waals surface area contributed by atoms with Gasteiger partial charge in [-0.05, 0) is 31.4 Å². The van der Waals surface area contributed by atoms with E-state index in [1.807, 2.05) is 38.1 Å². The molecule has 0 radical (unpaired) electrons. The molecule has 31 heavy (non-hydrogen) atoms. The predicted octanol–water partition coefficient (Wildman–Crippen LogP) is 2.88. The fourth-order valence-corrected chi connectivity index (χ4v) is 3.17. The zero-order valence-electron chi connectivity index (χ0n) is 18.4. The third-order valence-corrected chi connectivity index (χ3v) is 4.66. The van der Waals surface area contributed by atoms with Crippen LogP contribution >= 0.6 is 0 Å². The van der Waals surface area contributed by atoms with E-state index < -0.39 is 0 Å². The Bertz CT molecular complexity index is 1100. The van der Waals surface area contributed by atoms with E-state index in [1.165, 1.54) is 7.11 Å². The van der Waals surface area contributed by atoms with Gasteiger partial charge in [-0.15, -0.1) is 0 Å². The van der Waals surface area contributed by atoms with Gasteiger partial charge in [-0.2, -0.15) is 9.97 Å². The topological polar surface area (TPSA) is 111 Å². The molecule has 0 amide bonds. The van der Waals surface area contributed by atoms with Crippen LogP contribution in [0, 0.1) is 0 Å². The van der Waals surface area contributed by atoms with Crippen LogP contribution in [0.2, 0.25) is 0 Å². The summed E-state index contributed by atoms with van der Waals surface area (Å²) < 4.78 is 12.0. The molecular formula is C22H29N5O4. The molecule has 0 spiro atoms. The van der Waals surface area contributed by atoms with Crippen LogP contribution in [-0.4, -0.2) is 45.2 Å². The molecule has 0 fully saturated rings. The van der Waals surface area contributed by atoms with Gasteiger partial charge < -0.3 is 19.8 Å². The second-order valence-corrected chi connectivity index (χ2v) is 7.64. The number of aromatic amines is 1. The summed E-state index contributed by atoms with van der Waals surface area (Å²) in [5.41, 5.74) is 2.40. The minimum atomic E-state index is -0.313. The minimum absolute atomic E-state index is 0.114. The lowest BCUT2D eigenvalue weighted by Crippen LogP contribution is -2.18. The molecule has 0 unspecified atom stereocenters. The van der Waals surface area contributed by atoms with Crippen molar-refractivity contribution < 1.29 is 14.3 Å². The molecule has 2 N–H and O–H groups in total. The van der Waals surface area contributed by atoms with Crippen molar-refractivity contribution in [2.24, 2.45) is 0 Å². The van der Waals surface area contributed by atoms with E-state index in [1.54, 1.807) is 4.57 Å². The molecule has 0 atom stereocenters. The SMILES string of the molecule is CCCCOc1nc(NC(C)C)c2[nH]c(=O)n(Cc3cccc(CC(=O)OC)c3)c2n1. The zero-order chi connectivity index (χ0) is 22.4. The number of anilines is 1. The number of nitrogens with zero attached hydrogens (tertiary/aromatic N) is 3. The maximum atomic E-state index is 12.8. The minimum Gasteiger partial charge on any atom is -0.469 e. The molecule has 2 aromatic heterocycles. The number of imidazole rings is 1. The maximum Gasteiger partial charge on any atom is 0.328 e. The van der Waals surface area contributed by atoms with Crippen LogP contribution in [0.15, 0.2) is 29.1 Å². The van der Waals surface area contributed by atoms with Gasteiger partial charge in [0.15, 0.2) is 11.5 Å². The number of carbonyl (C=O) groups excluding carboxylic acids is 1. The zero-order valence-corrected chi connectivity index (χ0v) is 18.4. The molecule has 9 nitrogen and oxygen atoms in total. The number of nitrogens with one attached hydrogen (secondary N) is 2. The van der Waals surface area contributed by atoms with Crippen molar-refractivity contribution in [2.75, 3.05) is 19.0 Å². The summed E-state index contributed by atoms with van der Waals surface area (Å²) in [6.07, 6.45) is 2.06. The number of rotatable bonds is 10. The van der Waals surface area contributed by atoms with Gasteiger partial charge in [0.2, 0.25) is 0 Å². The van der Waals surface area contributed by atoms with Gasteiger partial charge in [0.05, 0.1) is 26.7 Å². The lowest BCUT2D eigenvalue weighted by molar-refractivity contribution is -0.139. The first-order valence-corrected chi connectivity index (χ1v) is 10.5. The molecule has 1 aromatic carbocycles. The van der Waals surface area contributed by atoms with E-state index >= 15 is 0 Å². The Hall–Kier alpha value is -3.36. The number of unbranched alkanes of at least 4 members (excludes halogenated alkanes) is 1. The number of hydrogen-bond donors (Lipinski definition) is 2. The Labute approximate surface area is 180 Å². The second-order valence-electron chi connectivity index (χ2n) is 7.64. The number of aromatic nitrogens is 4. The monoisotopic (exact) mass is 427 g/mol. The summed E-state index contributed by atoms with van der Waals surface area (Å²) >= 11 is 0. The van der Waals surface area contributed by atoms with Crippen LogP contribution in [0.1, 0.15) is 44.7 Å². The quantitative estimate of drug-likeness (QED) is 0.378. The smallest absolute Gasteiger partial charge is 0.328 e. The summed E-state index contributed by atoms with van der Waals surface area (Å²) in [5, 5.41) is 3.25. The molecule has 166 valence electrons. The Balaban J connectivity index is 1.99. The van der Waals surface area contributed by atoms with Crippen molar-refractivity contribution in [1.29, 1.82) is 0 Å². The van der Waals surface area contributed by atoms with Crippen LogP contribution in [-0.2, 0) is 22.5 Å². The fourth-order valence-electron chi connectivity index (χ4n) is 3.17. The third-order valence-electron chi connectivity index (χ3n) is 4.66. The summed E-state index contributed by atoms with van der Waals surface area (Å²) in [6, 6.07) is 7.84. The Kier molecular flexibility index (Phi) is 7.28. The molecule has 0 aliphatic rings. The van der Waals surface area contributed by atoms with Gasteiger partial charge in [-0.1, -0.05) is 37.6 Å². The average molecular weight is 428 g/mol. The van der Waals surface area contributed by atoms with Gasteiger partial charge in [-0.25, -0.2) is 4.79 Å². The van der Waals surface area contributed by atoms with Crippen molar-refractivity contribution in [3.63, 3.8) is 0 Å². The van der Waals surface area contributed by atoms with Gasteiger partial charge in [-0.3, -0.25) is 9.36 Å². The lowest BCUT2D eigenvalue weighted by Gasteiger charge is -2.12. The number of esters is 1. The highest BCUT2D eigenvalue weighted by Crippen LogP contribution is 2.22. The highest BCUT2D eigenvalue weighted by molar-refractivity contribution is 5.83. The summed E-state index contributed by atoms with van der Waals surface area (Å²) in [5.74, 6) is 0.217. The highest BCUT2D eigenvalue weighted by Gasteiger charge is 2.17. The van der Waals surface area contributed by atoms with E-state index in [0.717, 1.165) is 24.0 Å². The van der Waals surface area contributed by atoms with Crippen molar-refractivity contribution in [2.45, 2.75) is 52.6 Å². The molecule has 3 rings (SSSR count). The molecule has 3 aromatic rings. The highest BCUT2D eigenvalue weighted by atomic mass is 16.5. The van der Waals surface area contributed by atoms with Gasteiger partial charge in [0, 0.05) is 6.04 Å². The van der Waals surface area contributed by atoms with Crippen molar-refractivity contribution in [1.82, 2.24) is 19.5 Å². The van der Waals surface area contributed by atoms with Gasteiger partial charge in [0.25, 0.3) is 0 Å². The van der Waals surface area contributed by atoms with E-state index in [9.17, 15) is 9.59 Å². The number of carbonyl (C=O) groups is 1. The number of fused-ring (bicyclic) bond motifs is 1. The molecule has 0 bridgehead atoms. The maximum absolute atomic E-state index is 12.8. The molecule has 0 saturated heterocycles. The summed E-state index contributed by atoms with van der Waals surface area (Å²) in [6.45, 7) is 6.87. The van der Waals surface area contributed by atoms with E-state index in [2.05, 4.69) is 27.2 Å². The molecule has 2 heterocycles. The largest absolute Gasteiger partial charge is 0.469 e. The van der Waals surface area contributed by atoms with Crippen molar-refractivity contribution in [3.8, 4) is 6.01 Å². The second kappa shape index (κ2) is 10.1. The summed E-state index contributed by atoms with van der Waals surface area (Å²) in [7, 11) is 1.36. The summed E-state index contributed by atoms with van der Waals surface area (Å²) in [4.78, 5) is 36.2. The van der Waals surface area contributed by atoms with Gasteiger partial charge in [0.1, 0.15) is 5.52 Å². The fraction of sp³-hybridized carbons (Fsp3) is 0.455. The number of hydrogen-bond acceptors (Lipinski definition) is 7. The van der Waals surface area contributed by atoms with Crippen LogP contribution in [0.3, 0.4) is 0 Å². The van der Waals surface area contributed by atoms with Crippen LogP contribution in [0.5, 0.6) is 6.01 Å². The Morgan fingerprint density at radius 2 is 2.03 bits per heavy atom. The first kappa shape index (κ1) is 22.3. The van der Waals surface area contributed by atoms with Crippen LogP contribution < -0.4 is 15.7 Å². The first-order chi connectivity index (χ1) is 14.9.